The topological polar surface area (TPSA) is 38.5 Å². The van der Waals surface area contributed by atoms with Crippen molar-refractivity contribution in [2.75, 3.05) is 20.1 Å². The van der Waals surface area contributed by atoms with Crippen molar-refractivity contribution >= 4 is 0 Å². The third kappa shape index (κ3) is 3.21. The first-order chi connectivity index (χ1) is 8.70. The minimum absolute atomic E-state index is 0.169. The van der Waals surface area contributed by atoms with Gasteiger partial charge >= 0.3 is 0 Å². The Morgan fingerprint density at radius 2 is 2.22 bits per heavy atom. The molecule has 3 nitrogen and oxygen atoms in total. The van der Waals surface area contributed by atoms with Gasteiger partial charge in [0, 0.05) is 18.7 Å². The van der Waals surface area contributed by atoms with Crippen LogP contribution in [0.2, 0.25) is 0 Å². The lowest BCUT2D eigenvalue weighted by Crippen LogP contribution is -2.22. The highest BCUT2D eigenvalue weighted by Crippen LogP contribution is 2.24. The molecular formula is C14H21FN2O. The summed E-state index contributed by atoms with van der Waals surface area (Å²) in [5, 5.41) is 0. The van der Waals surface area contributed by atoms with E-state index in [1.54, 1.807) is 12.1 Å². The Morgan fingerprint density at radius 1 is 1.39 bits per heavy atom. The maximum atomic E-state index is 13.6. The van der Waals surface area contributed by atoms with Gasteiger partial charge in [0.1, 0.15) is 11.6 Å². The van der Waals surface area contributed by atoms with Gasteiger partial charge in [-0.1, -0.05) is 6.07 Å². The van der Waals surface area contributed by atoms with Crippen molar-refractivity contribution in [1.82, 2.24) is 4.90 Å². The molecule has 1 aromatic rings. The average Bonchev–Trinajstić information content (AvgIpc) is 2.55. The molecule has 2 rings (SSSR count). The minimum atomic E-state index is -0.277. The molecule has 0 aliphatic carbocycles. The van der Waals surface area contributed by atoms with Gasteiger partial charge in [0.05, 0.1) is 6.10 Å². The van der Waals surface area contributed by atoms with Gasteiger partial charge < -0.3 is 15.4 Å². The number of benzene rings is 1. The molecule has 1 aliphatic heterocycles. The summed E-state index contributed by atoms with van der Waals surface area (Å²) in [7, 11) is 2.12. The molecule has 0 aromatic heterocycles. The summed E-state index contributed by atoms with van der Waals surface area (Å²) in [5.74, 6) is 0.327. The van der Waals surface area contributed by atoms with Gasteiger partial charge in [-0.15, -0.1) is 0 Å². The zero-order valence-electron chi connectivity index (χ0n) is 10.9. The number of hydrogen-bond donors (Lipinski definition) is 1. The van der Waals surface area contributed by atoms with Crippen LogP contribution in [0.4, 0.5) is 4.39 Å². The molecule has 4 heteroatoms. The van der Waals surface area contributed by atoms with Crippen LogP contribution in [-0.4, -0.2) is 31.1 Å². The lowest BCUT2D eigenvalue weighted by Gasteiger charge is -2.19. The number of hydrogen-bond acceptors (Lipinski definition) is 3. The van der Waals surface area contributed by atoms with E-state index in [-0.39, 0.29) is 18.5 Å². The van der Waals surface area contributed by atoms with Crippen molar-refractivity contribution in [1.29, 1.82) is 0 Å². The molecule has 0 amide bonds. The van der Waals surface area contributed by atoms with E-state index in [2.05, 4.69) is 11.9 Å². The van der Waals surface area contributed by atoms with Crippen LogP contribution in [-0.2, 0) is 6.54 Å². The maximum Gasteiger partial charge on any atom is 0.131 e. The minimum Gasteiger partial charge on any atom is -0.490 e. The molecule has 0 spiro atoms. The summed E-state index contributed by atoms with van der Waals surface area (Å²) in [6.07, 6.45) is 3.29. The highest BCUT2D eigenvalue weighted by molar-refractivity contribution is 5.34. The van der Waals surface area contributed by atoms with Crippen LogP contribution in [0.15, 0.2) is 18.2 Å². The number of halogens is 1. The molecule has 1 fully saturated rings. The second-order valence-corrected chi connectivity index (χ2v) is 4.89. The first-order valence-electron chi connectivity index (χ1n) is 6.53. The number of rotatable bonds is 3. The van der Waals surface area contributed by atoms with Gasteiger partial charge in [0.15, 0.2) is 0 Å². The number of nitrogens with two attached hydrogens (primary N) is 1. The molecule has 1 atom stereocenters. The van der Waals surface area contributed by atoms with Crippen molar-refractivity contribution in [2.24, 2.45) is 5.73 Å². The van der Waals surface area contributed by atoms with Gasteiger partial charge in [0.25, 0.3) is 0 Å². The van der Waals surface area contributed by atoms with Crippen LogP contribution in [0.25, 0.3) is 0 Å². The van der Waals surface area contributed by atoms with E-state index in [4.69, 9.17) is 10.5 Å². The van der Waals surface area contributed by atoms with Gasteiger partial charge in [-0.2, -0.15) is 0 Å². The van der Waals surface area contributed by atoms with Crippen molar-refractivity contribution in [3.8, 4) is 5.75 Å². The van der Waals surface area contributed by atoms with E-state index in [9.17, 15) is 4.39 Å². The Morgan fingerprint density at radius 3 is 3.00 bits per heavy atom. The molecule has 2 N–H and O–H groups in total. The van der Waals surface area contributed by atoms with Gasteiger partial charge in [-0.05, 0) is 45.0 Å². The second-order valence-electron chi connectivity index (χ2n) is 4.89. The third-order valence-electron chi connectivity index (χ3n) is 3.47. The molecule has 1 unspecified atom stereocenters. The van der Waals surface area contributed by atoms with E-state index >= 15 is 0 Å². The van der Waals surface area contributed by atoms with Crippen molar-refractivity contribution in [2.45, 2.75) is 31.9 Å². The largest absolute Gasteiger partial charge is 0.490 e. The van der Waals surface area contributed by atoms with E-state index in [1.807, 2.05) is 0 Å². The van der Waals surface area contributed by atoms with E-state index in [0.717, 1.165) is 32.4 Å². The number of ether oxygens (including phenoxy) is 1. The first-order valence-corrected chi connectivity index (χ1v) is 6.53. The summed E-state index contributed by atoms with van der Waals surface area (Å²) in [6.45, 7) is 2.30. The third-order valence-corrected chi connectivity index (χ3v) is 3.47. The highest BCUT2D eigenvalue weighted by Gasteiger charge is 2.18. The molecule has 1 saturated heterocycles. The zero-order valence-corrected chi connectivity index (χ0v) is 10.9. The first kappa shape index (κ1) is 13.3. The predicted octanol–water partition coefficient (Wildman–Crippen LogP) is 2.15. The Hall–Kier alpha value is -1.13. The Kier molecular flexibility index (Phi) is 4.55. The Labute approximate surface area is 108 Å². The molecule has 100 valence electrons. The van der Waals surface area contributed by atoms with Gasteiger partial charge in [-0.3, -0.25) is 0 Å². The fourth-order valence-electron chi connectivity index (χ4n) is 2.35. The van der Waals surface area contributed by atoms with Crippen molar-refractivity contribution in [3.05, 3.63) is 29.6 Å². The zero-order chi connectivity index (χ0) is 13.0. The predicted molar refractivity (Wildman–Crippen MR) is 70.1 cm³/mol. The molecule has 0 bridgehead atoms. The summed E-state index contributed by atoms with van der Waals surface area (Å²) in [4.78, 5) is 2.30. The molecule has 0 radical (unpaired) electrons. The van der Waals surface area contributed by atoms with Gasteiger partial charge in [-0.25, -0.2) is 4.39 Å². The van der Waals surface area contributed by atoms with Gasteiger partial charge in [0.2, 0.25) is 0 Å². The van der Waals surface area contributed by atoms with Crippen LogP contribution < -0.4 is 10.5 Å². The van der Waals surface area contributed by atoms with Crippen molar-refractivity contribution < 1.29 is 9.13 Å². The molecule has 1 heterocycles. The Bertz CT molecular complexity index is 397. The molecule has 18 heavy (non-hydrogen) atoms. The molecular weight excluding hydrogens is 231 g/mol. The van der Waals surface area contributed by atoms with Crippen LogP contribution in [0, 0.1) is 5.82 Å². The van der Waals surface area contributed by atoms with Crippen LogP contribution >= 0.6 is 0 Å². The van der Waals surface area contributed by atoms with Crippen LogP contribution in [0.3, 0.4) is 0 Å². The Balaban J connectivity index is 2.06. The SMILES string of the molecule is CN1CCCC(Oc2cccc(F)c2CN)CC1. The van der Waals surface area contributed by atoms with Crippen molar-refractivity contribution in [3.63, 3.8) is 0 Å². The summed E-state index contributed by atoms with van der Waals surface area (Å²) in [6, 6.07) is 4.91. The quantitative estimate of drug-likeness (QED) is 0.895. The summed E-state index contributed by atoms with van der Waals surface area (Å²) < 4.78 is 19.5. The fourth-order valence-corrected chi connectivity index (χ4v) is 2.35. The van der Waals surface area contributed by atoms with Crippen LogP contribution in [0.5, 0.6) is 5.75 Å². The average molecular weight is 252 g/mol. The standard InChI is InChI=1S/C14H21FN2O/c1-17-8-3-4-11(7-9-17)18-14-6-2-5-13(15)12(14)10-16/h2,5-6,11H,3-4,7-10,16H2,1H3. The molecule has 0 saturated carbocycles. The number of nitrogens with zero attached hydrogens (tertiary/aromatic N) is 1. The van der Waals surface area contributed by atoms with E-state index in [0.29, 0.717) is 11.3 Å². The van der Waals surface area contributed by atoms with E-state index < -0.39 is 0 Å². The summed E-state index contributed by atoms with van der Waals surface area (Å²) in [5.41, 5.74) is 6.06. The monoisotopic (exact) mass is 252 g/mol. The lowest BCUT2D eigenvalue weighted by atomic mass is 10.1. The smallest absolute Gasteiger partial charge is 0.131 e. The second kappa shape index (κ2) is 6.16. The molecule has 1 aromatic carbocycles. The normalized spacial score (nSPS) is 21.6. The van der Waals surface area contributed by atoms with E-state index in [1.165, 1.54) is 6.07 Å². The summed E-state index contributed by atoms with van der Waals surface area (Å²) >= 11 is 0. The fraction of sp³-hybridized carbons (Fsp3) is 0.571. The molecule has 1 aliphatic rings. The number of likely N-dealkylation sites (tertiary alicyclic amines) is 1. The maximum absolute atomic E-state index is 13.6. The van der Waals surface area contributed by atoms with Crippen LogP contribution in [0.1, 0.15) is 24.8 Å². The lowest BCUT2D eigenvalue weighted by molar-refractivity contribution is 0.180. The highest BCUT2D eigenvalue weighted by atomic mass is 19.1.